The van der Waals surface area contributed by atoms with Gasteiger partial charge in [0.25, 0.3) is 11.5 Å². The van der Waals surface area contributed by atoms with Crippen molar-refractivity contribution in [2.24, 2.45) is 0 Å². The summed E-state index contributed by atoms with van der Waals surface area (Å²) < 4.78 is 5.46. The SMILES string of the molecule is Cc1cc(=O)[nH]c(CCNC(=O)[C@]2(C)CCCO2)n1. The molecule has 1 aromatic heterocycles. The van der Waals surface area contributed by atoms with Gasteiger partial charge < -0.3 is 15.0 Å². The van der Waals surface area contributed by atoms with Gasteiger partial charge in [0, 0.05) is 31.3 Å². The van der Waals surface area contributed by atoms with E-state index in [1.807, 2.05) is 6.92 Å². The monoisotopic (exact) mass is 265 g/mol. The normalized spacial score (nSPS) is 22.4. The Hall–Kier alpha value is -1.69. The maximum atomic E-state index is 12.0. The molecule has 6 heteroatoms. The van der Waals surface area contributed by atoms with Crippen LogP contribution in [0.2, 0.25) is 0 Å². The average Bonchev–Trinajstić information content (AvgIpc) is 2.76. The Morgan fingerprint density at radius 2 is 2.42 bits per heavy atom. The van der Waals surface area contributed by atoms with Crippen molar-refractivity contribution in [3.63, 3.8) is 0 Å². The number of aromatic nitrogens is 2. The van der Waals surface area contributed by atoms with E-state index in [1.165, 1.54) is 6.07 Å². The van der Waals surface area contributed by atoms with Crippen LogP contribution >= 0.6 is 0 Å². The molecular formula is C13H19N3O3. The third-order valence-electron chi connectivity index (χ3n) is 3.27. The number of hydrogen-bond acceptors (Lipinski definition) is 4. The lowest BCUT2D eigenvalue weighted by molar-refractivity contribution is -0.139. The highest BCUT2D eigenvalue weighted by Gasteiger charge is 2.37. The van der Waals surface area contributed by atoms with Crippen molar-refractivity contribution >= 4 is 5.91 Å². The minimum atomic E-state index is -0.701. The van der Waals surface area contributed by atoms with Crippen molar-refractivity contribution in [2.45, 2.75) is 38.7 Å². The van der Waals surface area contributed by atoms with Gasteiger partial charge in [-0.2, -0.15) is 0 Å². The highest BCUT2D eigenvalue weighted by Crippen LogP contribution is 2.24. The standard InChI is InChI=1S/C13H19N3O3/c1-9-8-11(17)16-10(15-9)4-6-14-12(18)13(2)5-3-7-19-13/h8H,3-7H2,1-2H3,(H,14,18)(H,15,16,17)/t13-/m0/s1. The van der Waals surface area contributed by atoms with E-state index >= 15 is 0 Å². The van der Waals surface area contributed by atoms with Gasteiger partial charge in [-0.1, -0.05) is 0 Å². The zero-order valence-corrected chi connectivity index (χ0v) is 11.3. The topological polar surface area (TPSA) is 84.1 Å². The summed E-state index contributed by atoms with van der Waals surface area (Å²) in [6.45, 7) is 4.65. The Morgan fingerprint density at radius 3 is 3.05 bits per heavy atom. The molecule has 2 N–H and O–H groups in total. The van der Waals surface area contributed by atoms with E-state index in [4.69, 9.17) is 4.74 Å². The summed E-state index contributed by atoms with van der Waals surface area (Å²) in [5.74, 6) is 0.489. The molecule has 1 fully saturated rings. The van der Waals surface area contributed by atoms with Crippen LogP contribution in [0.1, 0.15) is 31.3 Å². The van der Waals surface area contributed by atoms with Gasteiger partial charge >= 0.3 is 0 Å². The summed E-state index contributed by atoms with van der Waals surface area (Å²) in [5, 5.41) is 2.83. The zero-order chi connectivity index (χ0) is 13.9. The summed E-state index contributed by atoms with van der Waals surface area (Å²) >= 11 is 0. The number of ether oxygens (including phenoxy) is 1. The molecule has 1 amide bonds. The molecule has 1 atom stereocenters. The van der Waals surface area contributed by atoms with Crippen LogP contribution in [0.4, 0.5) is 0 Å². The molecule has 0 aliphatic carbocycles. The Balaban J connectivity index is 1.86. The summed E-state index contributed by atoms with van der Waals surface area (Å²) in [4.78, 5) is 30.1. The van der Waals surface area contributed by atoms with Crippen LogP contribution in [-0.4, -0.2) is 34.6 Å². The molecule has 1 aromatic rings. The van der Waals surface area contributed by atoms with Crippen LogP contribution in [-0.2, 0) is 16.0 Å². The van der Waals surface area contributed by atoms with Crippen LogP contribution in [0.3, 0.4) is 0 Å². The van der Waals surface area contributed by atoms with Gasteiger partial charge in [-0.05, 0) is 26.7 Å². The smallest absolute Gasteiger partial charge is 0.251 e. The van der Waals surface area contributed by atoms with E-state index in [2.05, 4.69) is 15.3 Å². The number of rotatable bonds is 4. The number of carbonyl (C=O) groups is 1. The fraction of sp³-hybridized carbons (Fsp3) is 0.615. The summed E-state index contributed by atoms with van der Waals surface area (Å²) in [5.41, 5.74) is -0.191. The Labute approximate surface area is 111 Å². The Kier molecular flexibility index (Phi) is 3.99. The molecule has 2 rings (SSSR count). The van der Waals surface area contributed by atoms with Gasteiger partial charge in [0.1, 0.15) is 11.4 Å². The number of nitrogens with zero attached hydrogens (tertiary/aromatic N) is 1. The molecule has 0 spiro atoms. The first-order chi connectivity index (χ1) is 8.99. The molecular weight excluding hydrogens is 246 g/mol. The number of aryl methyl sites for hydroxylation is 1. The van der Waals surface area contributed by atoms with E-state index in [0.717, 1.165) is 12.8 Å². The molecule has 1 aliphatic heterocycles. The Bertz CT molecular complexity index is 518. The molecule has 6 nitrogen and oxygen atoms in total. The van der Waals surface area contributed by atoms with E-state index < -0.39 is 5.60 Å². The second kappa shape index (κ2) is 5.52. The van der Waals surface area contributed by atoms with Gasteiger partial charge in [-0.15, -0.1) is 0 Å². The predicted molar refractivity (Wildman–Crippen MR) is 69.9 cm³/mol. The number of hydrogen-bond donors (Lipinski definition) is 2. The first kappa shape index (κ1) is 13.7. The zero-order valence-electron chi connectivity index (χ0n) is 11.3. The fourth-order valence-corrected chi connectivity index (χ4v) is 2.20. The summed E-state index contributed by atoms with van der Waals surface area (Å²) in [6.07, 6.45) is 2.16. The molecule has 1 aliphatic rings. The van der Waals surface area contributed by atoms with Crippen LogP contribution in [0, 0.1) is 6.92 Å². The average molecular weight is 265 g/mol. The molecule has 104 valence electrons. The number of aromatic amines is 1. The summed E-state index contributed by atoms with van der Waals surface area (Å²) in [7, 11) is 0. The van der Waals surface area contributed by atoms with Gasteiger partial charge in [-0.25, -0.2) is 4.98 Å². The maximum Gasteiger partial charge on any atom is 0.251 e. The highest BCUT2D eigenvalue weighted by atomic mass is 16.5. The van der Waals surface area contributed by atoms with E-state index in [0.29, 0.717) is 31.1 Å². The fourth-order valence-electron chi connectivity index (χ4n) is 2.20. The lowest BCUT2D eigenvalue weighted by Gasteiger charge is -2.21. The number of H-pyrrole nitrogens is 1. The first-order valence-electron chi connectivity index (χ1n) is 6.49. The molecule has 0 aromatic carbocycles. The molecule has 2 heterocycles. The van der Waals surface area contributed by atoms with Gasteiger partial charge in [-0.3, -0.25) is 9.59 Å². The van der Waals surface area contributed by atoms with Crippen LogP contribution < -0.4 is 10.9 Å². The van der Waals surface area contributed by atoms with Crippen molar-refractivity contribution in [1.82, 2.24) is 15.3 Å². The number of nitrogens with one attached hydrogen (secondary N) is 2. The molecule has 1 saturated heterocycles. The van der Waals surface area contributed by atoms with Crippen molar-refractivity contribution in [3.05, 3.63) is 27.9 Å². The first-order valence-corrected chi connectivity index (χ1v) is 6.49. The number of amides is 1. The highest BCUT2D eigenvalue weighted by molar-refractivity contribution is 5.84. The third-order valence-corrected chi connectivity index (χ3v) is 3.27. The maximum absolute atomic E-state index is 12.0. The van der Waals surface area contributed by atoms with Crippen molar-refractivity contribution in [2.75, 3.05) is 13.2 Å². The quantitative estimate of drug-likeness (QED) is 0.820. The summed E-state index contributed by atoms with van der Waals surface area (Å²) in [6, 6.07) is 1.44. The lowest BCUT2D eigenvalue weighted by atomic mass is 10.0. The second-order valence-corrected chi connectivity index (χ2v) is 5.02. The molecule has 0 radical (unpaired) electrons. The second-order valence-electron chi connectivity index (χ2n) is 5.02. The third kappa shape index (κ3) is 3.41. The van der Waals surface area contributed by atoms with E-state index in [9.17, 15) is 9.59 Å². The van der Waals surface area contributed by atoms with Crippen LogP contribution in [0.15, 0.2) is 10.9 Å². The molecule has 0 saturated carbocycles. The van der Waals surface area contributed by atoms with Crippen molar-refractivity contribution in [3.8, 4) is 0 Å². The van der Waals surface area contributed by atoms with Gasteiger partial charge in [0.2, 0.25) is 0 Å². The van der Waals surface area contributed by atoms with E-state index in [1.54, 1.807) is 6.92 Å². The van der Waals surface area contributed by atoms with Crippen molar-refractivity contribution < 1.29 is 9.53 Å². The van der Waals surface area contributed by atoms with E-state index in [-0.39, 0.29) is 11.5 Å². The molecule has 0 unspecified atom stereocenters. The predicted octanol–water partition coefficient (Wildman–Crippen LogP) is 0.306. The lowest BCUT2D eigenvalue weighted by Crippen LogP contribution is -2.44. The van der Waals surface area contributed by atoms with Gasteiger partial charge in [0.15, 0.2) is 0 Å². The largest absolute Gasteiger partial charge is 0.365 e. The minimum absolute atomic E-state index is 0.0972. The van der Waals surface area contributed by atoms with Crippen molar-refractivity contribution in [1.29, 1.82) is 0 Å². The van der Waals surface area contributed by atoms with Crippen LogP contribution in [0.25, 0.3) is 0 Å². The van der Waals surface area contributed by atoms with Crippen LogP contribution in [0.5, 0.6) is 0 Å². The number of carbonyl (C=O) groups excluding carboxylic acids is 1. The van der Waals surface area contributed by atoms with Gasteiger partial charge in [0.05, 0.1) is 0 Å². The molecule has 0 bridgehead atoms. The Morgan fingerprint density at radius 1 is 1.63 bits per heavy atom. The minimum Gasteiger partial charge on any atom is -0.365 e. The molecule has 19 heavy (non-hydrogen) atoms.